The molecule has 0 saturated carbocycles. The Morgan fingerprint density at radius 2 is 2.06 bits per heavy atom. The van der Waals surface area contributed by atoms with Crippen LogP contribution in [0.15, 0.2) is 23.2 Å². The molecular formula is C24H36N2O4Si. The SMILES string of the molecule is C=Cc1ccc2c(CCC3CCN(C(=O)O)CC3)noc2c1C(O[SiH](C)C)C(C)(C)C. The molecule has 1 aromatic heterocycles. The molecule has 1 N–H and O–H groups in total. The van der Waals surface area contributed by atoms with Gasteiger partial charge in [-0.1, -0.05) is 44.6 Å². The second-order valence-corrected chi connectivity index (χ2v) is 12.3. The van der Waals surface area contributed by atoms with Crippen LogP contribution in [0.3, 0.4) is 0 Å². The molecule has 1 saturated heterocycles. The van der Waals surface area contributed by atoms with Crippen molar-refractivity contribution in [3.05, 3.63) is 35.5 Å². The molecule has 0 aliphatic carbocycles. The van der Waals surface area contributed by atoms with Gasteiger partial charge in [-0.3, -0.25) is 0 Å². The van der Waals surface area contributed by atoms with Gasteiger partial charge in [0.15, 0.2) is 14.6 Å². The van der Waals surface area contributed by atoms with Gasteiger partial charge in [-0.15, -0.1) is 0 Å². The van der Waals surface area contributed by atoms with Crippen LogP contribution in [0.2, 0.25) is 13.1 Å². The maximum atomic E-state index is 11.1. The van der Waals surface area contributed by atoms with Gasteiger partial charge in [-0.2, -0.15) is 0 Å². The molecule has 7 heteroatoms. The van der Waals surface area contributed by atoms with Crippen LogP contribution >= 0.6 is 0 Å². The Kier molecular flexibility index (Phi) is 7.26. The van der Waals surface area contributed by atoms with E-state index in [1.165, 1.54) is 4.90 Å². The van der Waals surface area contributed by atoms with Gasteiger partial charge in [0, 0.05) is 24.0 Å². The number of hydrogen-bond donors (Lipinski definition) is 1. The van der Waals surface area contributed by atoms with E-state index in [0.717, 1.165) is 53.5 Å². The minimum atomic E-state index is -1.29. The lowest BCUT2D eigenvalue weighted by molar-refractivity contribution is 0.0865. The van der Waals surface area contributed by atoms with Crippen molar-refractivity contribution in [1.82, 2.24) is 10.1 Å². The van der Waals surface area contributed by atoms with Gasteiger partial charge in [0.25, 0.3) is 0 Å². The first kappa shape index (κ1) is 23.5. The van der Waals surface area contributed by atoms with Crippen LogP contribution in [0.25, 0.3) is 17.0 Å². The molecule has 1 aliphatic heterocycles. The van der Waals surface area contributed by atoms with Crippen LogP contribution in [0, 0.1) is 11.3 Å². The van der Waals surface area contributed by atoms with Crippen molar-refractivity contribution in [2.75, 3.05) is 13.1 Å². The minimum Gasteiger partial charge on any atom is -0.465 e. The summed E-state index contributed by atoms with van der Waals surface area (Å²) < 4.78 is 12.4. The van der Waals surface area contributed by atoms with Crippen LogP contribution in [-0.2, 0) is 10.8 Å². The van der Waals surface area contributed by atoms with Gasteiger partial charge >= 0.3 is 6.09 Å². The molecule has 2 aromatic rings. The Morgan fingerprint density at radius 1 is 1.39 bits per heavy atom. The highest BCUT2D eigenvalue weighted by atomic mass is 28.3. The molecule has 1 unspecified atom stereocenters. The largest absolute Gasteiger partial charge is 0.465 e. The van der Waals surface area contributed by atoms with Gasteiger partial charge in [0.05, 0.1) is 11.8 Å². The number of carboxylic acid groups (broad SMARTS) is 1. The fourth-order valence-electron chi connectivity index (χ4n) is 4.45. The third-order valence-corrected chi connectivity index (χ3v) is 6.96. The number of aryl methyl sites for hydroxylation is 1. The standard InChI is InChI=1S/C24H36N2O4Si/c1-7-17-9-10-18-19(11-8-16-12-14-26(15-13-16)23(27)28)25-29-21(18)20(17)22(24(2,3)4)30-31(5)6/h7,9-10,16,22,31H,1,8,11-15H2,2-6H3,(H,27,28). The molecule has 1 atom stereocenters. The van der Waals surface area contributed by atoms with Gasteiger partial charge in [0.1, 0.15) is 0 Å². The van der Waals surface area contributed by atoms with Crippen molar-refractivity contribution in [3.63, 3.8) is 0 Å². The second kappa shape index (κ2) is 9.57. The molecule has 6 nitrogen and oxygen atoms in total. The van der Waals surface area contributed by atoms with Crippen LogP contribution in [0.5, 0.6) is 0 Å². The number of benzene rings is 1. The zero-order valence-electron chi connectivity index (χ0n) is 19.5. The average Bonchev–Trinajstić information content (AvgIpc) is 3.12. The van der Waals surface area contributed by atoms with Gasteiger partial charge in [0.2, 0.25) is 0 Å². The van der Waals surface area contributed by atoms with Crippen LogP contribution in [0.1, 0.15) is 63.0 Å². The monoisotopic (exact) mass is 444 g/mol. The zero-order valence-corrected chi connectivity index (χ0v) is 20.6. The van der Waals surface area contributed by atoms with E-state index in [-0.39, 0.29) is 11.5 Å². The highest BCUT2D eigenvalue weighted by Crippen LogP contribution is 2.42. The molecule has 3 rings (SSSR count). The third kappa shape index (κ3) is 5.38. The van der Waals surface area contributed by atoms with E-state index >= 15 is 0 Å². The number of amides is 1. The molecule has 1 aliphatic rings. The molecule has 1 fully saturated rings. The van der Waals surface area contributed by atoms with Crippen LogP contribution in [-0.4, -0.2) is 43.4 Å². The average molecular weight is 445 g/mol. The minimum absolute atomic E-state index is 0.0861. The number of aromatic nitrogens is 1. The first-order valence-corrected chi connectivity index (χ1v) is 14.1. The Balaban J connectivity index is 1.85. The van der Waals surface area contributed by atoms with E-state index in [4.69, 9.17) is 14.1 Å². The molecule has 1 aromatic carbocycles. The van der Waals surface area contributed by atoms with Gasteiger partial charge in [-0.05, 0) is 61.7 Å². The molecule has 0 radical (unpaired) electrons. The van der Waals surface area contributed by atoms with Crippen LogP contribution in [0.4, 0.5) is 4.79 Å². The topological polar surface area (TPSA) is 75.8 Å². The Hall–Kier alpha value is -2.12. The van der Waals surface area contributed by atoms with Crippen molar-refractivity contribution < 1.29 is 18.9 Å². The fraction of sp³-hybridized carbons (Fsp3) is 0.583. The Bertz CT molecular complexity index is 924. The summed E-state index contributed by atoms with van der Waals surface area (Å²) in [4.78, 5) is 12.6. The third-order valence-electron chi connectivity index (χ3n) is 6.14. The summed E-state index contributed by atoms with van der Waals surface area (Å²) in [5.41, 5.74) is 3.78. The Morgan fingerprint density at radius 3 is 2.61 bits per heavy atom. The van der Waals surface area contributed by atoms with E-state index in [2.05, 4.69) is 57.7 Å². The molecular weight excluding hydrogens is 408 g/mol. The summed E-state index contributed by atoms with van der Waals surface area (Å²) in [6.45, 7) is 16.2. The van der Waals surface area contributed by atoms with Crippen molar-refractivity contribution in [2.45, 2.75) is 65.7 Å². The summed E-state index contributed by atoms with van der Waals surface area (Å²) in [5.74, 6) is 0.520. The van der Waals surface area contributed by atoms with Crippen molar-refractivity contribution in [2.24, 2.45) is 11.3 Å². The first-order chi connectivity index (χ1) is 14.6. The summed E-state index contributed by atoms with van der Waals surface area (Å²) in [6.07, 6.45) is 4.61. The lowest BCUT2D eigenvalue weighted by Crippen LogP contribution is -2.37. The van der Waals surface area contributed by atoms with Gasteiger partial charge in [-0.25, -0.2) is 4.79 Å². The van der Waals surface area contributed by atoms with Crippen molar-refractivity contribution >= 4 is 32.2 Å². The number of hydrogen-bond acceptors (Lipinski definition) is 4. The van der Waals surface area contributed by atoms with E-state index in [0.29, 0.717) is 19.0 Å². The van der Waals surface area contributed by atoms with Crippen molar-refractivity contribution in [1.29, 1.82) is 0 Å². The summed E-state index contributed by atoms with van der Waals surface area (Å²) in [7, 11) is -1.29. The maximum absolute atomic E-state index is 11.1. The van der Waals surface area contributed by atoms with Gasteiger partial charge < -0.3 is 19.0 Å². The quantitative estimate of drug-likeness (QED) is 0.540. The normalized spacial score (nSPS) is 16.8. The number of likely N-dealkylation sites (tertiary alicyclic amines) is 1. The van der Waals surface area contributed by atoms with E-state index in [9.17, 15) is 4.79 Å². The number of fused-ring (bicyclic) bond motifs is 1. The highest BCUT2D eigenvalue weighted by molar-refractivity contribution is 6.48. The number of carbonyl (C=O) groups is 1. The molecule has 2 heterocycles. The molecule has 31 heavy (non-hydrogen) atoms. The van der Waals surface area contributed by atoms with E-state index < -0.39 is 15.1 Å². The lowest BCUT2D eigenvalue weighted by Gasteiger charge is -2.33. The number of piperidine rings is 1. The van der Waals surface area contributed by atoms with E-state index in [1.54, 1.807) is 0 Å². The summed E-state index contributed by atoms with van der Waals surface area (Å²) in [5, 5.41) is 14.6. The molecule has 0 bridgehead atoms. The van der Waals surface area contributed by atoms with Crippen LogP contribution < -0.4 is 0 Å². The Labute approximate surface area is 187 Å². The smallest absolute Gasteiger partial charge is 0.407 e. The fourth-order valence-corrected chi connectivity index (χ4v) is 5.54. The number of rotatable bonds is 7. The molecule has 0 spiro atoms. The maximum Gasteiger partial charge on any atom is 0.407 e. The summed E-state index contributed by atoms with van der Waals surface area (Å²) >= 11 is 0. The summed E-state index contributed by atoms with van der Waals surface area (Å²) in [6, 6.07) is 4.18. The predicted molar refractivity (Wildman–Crippen MR) is 127 cm³/mol. The van der Waals surface area contributed by atoms with E-state index in [1.807, 2.05) is 6.08 Å². The number of nitrogens with zero attached hydrogens (tertiary/aromatic N) is 2. The molecule has 170 valence electrons. The lowest BCUT2D eigenvalue weighted by atomic mass is 9.82. The zero-order chi connectivity index (χ0) is 22.8. The molecule has 1 amide bonds. The van der Waals surface area contributed by atoms with Crippen molar-refractivity contribution in [3.8, 4) is 0 Å². The highest BCUT2D eigenvalue weighted by Gasteiger charge is 2.33. The predicted octanol–water partition coefficient (Wildman–Crippen LogP) is 5.88. The second-order valence-electron chi connectivity index (χ2n) is 9.96. The first-order valence-electron chi connectivity index (χ1n) is 11.3.